The topological polar surface area (TPSA) is 72.5 Å². The van der Waals surface area contributed by atoms with Crippen molar-refractivity contribution in [2.45, 2.75) is 48.8 Å². The Hall–Kier alpha value is -2.19. The number of benzene rings is 2. The number of nitrogens with one attached hydrogen (secondary N) is 1. The average Bonchev–Trinajstić information content (AvgIpc) is 3.22. The normalized spacial score (nSPS) is 16.6. The maximum absolute atomic E-state index is 14.6. The van der Waals surface area contributed by atoms with Crippen molar-refractivity contribution in [2.24, 2.45) is 5.92 Å². The maximum atomic E-state index is 14.6. The van der Waals surface area contributed by atoms with Gasteiger partial charge in [0.1, 0.15) is 11.6 Å². The second-order valence-corrected chi connectivity index (χ2v) is 10.3. The molecule has 168 valence electrons. The lowest BCUT2D eigenvalue weighted by molar-refractivity contribution is 0.125. The van der Waals surface area contributed by atoms with Crippen LogP contribution in [0.3, 0.4) is 0 Å². The van der Waals surface area contributed by atoms with Gasteiger partial charge in [-0.15, -0.1) is 0 Å². The Labute approximate surface area is 185 Å². The molecule has 0 aliphatic heterocycles. The molecule has 1 aliphatic carbocycles. The molecule has 5 nitrogen and oxygen atoms in total. The lowest BCUT2D eigenvalue weighted by atomic mass is 10.0. The molecule has 1 amide bonds. The van der Waals surface area contributed by atoms with E-state index in [1.807, 2.05) is 0 Å². The molecule has 9 heteroatoms. The van der Waals surface area contributed by atoms with Crippen molar-refractivity contribution in [3.8, 4) is 0 Å². The molecule has 31 heavy (non-hydrogen) atoms. The van der Waals surface area contributed by atoms with Crippen molar-refractivity contribution in [2.75, 3.05) is 6.61 Å². The summed E-state index contributed by atoms with van der Waals surface area (Å²) >= 11 is 5.85. The molecule has 2 aromatic rings. The minimum Gasteiger partial charge on any atom is -0.449 e. The SMILES string of the molecule is C[C@H](COC(=O)NC1CCCC1)[C@@H](c1cc(F)ccc1F)S(=O)(=O)c1ccc(Cl)cc1. The molecule has 0 unspecified atom stereocenters. The second-order valence-electron chi connectivity index (χ2n) is 7.79. The summed E-state index contributed by atoms with van der Waals surface area (Å²) in [4.78, 5) is 12.0. The molecule has 2 aromatic carbocycles. The van der Waals surface area contributed by atoms with Crippen molar-refractivity contribution in [1.29, 1.82) is 0 Å². The first-order chi connectivity index (χ1) is 14.7. The fourth-order valence-corrected chi connectivity index (χ4v) is 6.00. The van der Waals surface area contributed by atoms with E-state index in [1.165, 1.54) is 31.2 Å². The van der Waals surface area contributed by atoms with Gasteiger partial charge in [-0.25, -0.2) is 22.0 Å². The summed E-state index contributed by atoms with van der Waals surface area (Å²) in [6.07, 6.45) is 3.14. The van der Waals surface area contributed by atoms with Gasteiger partial charge in [0.2, 0.25) is 0 Å². The zero-order valence-electron chi connectivity index (χ0n) is 17.0. The van der Waals surface area contributed by atoms with E-state index < -0.39 is 38.7 Å². The highest BCUT2D eigenvalue weighted by molar-refractivity contribution is 7.91. The first-order valence-electron chi connectivity index (χ1n) is 10.1. The lowest BCUT2D eigenvalue weighted by Crippen LogP contribution is -2.35. The average molecular weight is 472 g/mol. The van der Waals surface area contributed by atoms with Crippen LogP contribution in [0.25, 0.3) is 0 Å². The van der Waals surface area contributed by atoms with Crippen LogP contribution in [0.15, 0.2) is 47.4 Å². The van der Waals surface area contributed by atoms with Crippen LogP contribution in [0.4, 0.5) is 13.6 Å². The smallest absolute Gasteiger partial charge is 0.407 e. The Morgan fingerprint density at radius 1 is 1.16 bits per heavy atom. The van der Waals surface area contributed by atoms with Gasteiger partial charge in [-0.05, 0) is 55.3 Å². The van der Waals surface area contributed by atoms with E-state index in [1.54, 1.807) is 0 Å². The number of hydrogen-bond acceptors (Lipinski definition) is 4. The minimum absolute atomic E-state index is 0.0390. The summed E-state index contributed by atoms with van der Waals surface area (Å²) < 4.78 is 60.5. The highest BCUT2D eigenvalue weighted by Crippen LogP contribution is 2.37. The number of sulfone groups is 1. The number of alkyl carbamates (subject to hydrolysis) is 1. The number of carbonyl (C=O) groups is 1. The maximum Gasteiger partial charge on any atom is 0.407 e. The summed E-state index contributed by atoms with van der Waals surface area (Å²) in [5.74, 6) is -2.47. The third-order valence-electron chi connectivity index (χ3n) is 5.41. The first-order valence-corrected chi connectivity index (χ1v) is 12.0. The number of amides is 1. The molecular weight excluding hydrogens is 448 g/mol. The predicted molar refractivity (Wildman–Crippen MR) is 114 cm³/mol. The Balaban J connectivity index is 1.87. The van der Waals surface area contributed by atoms with E-state index in [2.05, 4.69) is 5.32 Å². The van der Waals surface area contributed by atoms with Gasteiger partial charge in [0.25, 0.3) is 0 Å². The summed E-state index contributed by atoms with van der Waals surface area (Å²) in [7, 11) is -4.16. The van der Waals surface area contributed by atoms with Gasteiger partial charge in [-0.1, -0.05) is 31.4 Å². The van der Waals surface area contributed by atoms with Crippen LogP contribution in [0, 0.1) is 17.6 Å². The number of hydrogen-bond donors (Lipinski definition) is 1. The summed E-state index contributed by atoms with van der Waals surface area (Å²) in [6.45, 7) is 1.23. The van der Waals surface area contributed by atoms with Crippen LogP contribution in [0.1, 0.15) is 43.4 Å². The van der Waals surface area contributed by atoms with Crippen LogP contribution < -0.4 is 5.32 Å². The fourth-order valence-electron chi connectivity index (χ4n) is 3.86. The molecule has 0 heterocycles. The fraction of sp³-hybridized carbons (Fsp3) is 0.409. The van der Waals surface area contributed by atoms with Gasteiger partial charge < -0.3 is 10.1 Å². The Morgan fingerprint density at radius 3 is 2.45 bits per heavy atom. The molecule has 0 spiro atoms. The van der Waals surface area contributed by atoms with Crippen molar-refractivity contribution < 1.29 is 26.7 Å². The Morgan fingerprint density at radius 2 is 1.81 bits per heavy atom. The van der Waals surface area contributed by atoms with Crippen LogP contribution in [-0.4, -0.2) is 27.2 Å². The van der Waals surface area contributed by atoms with E-state index in [9.17, 15) is 22.0 Å². The number of ether oxygens (including phenoxy) is 1. The van der Waals surface area contributed by atoms with E-state index in [4.69, 9.17) is 16.3 Å². The molecule has 0 aromatic heterocycles. The van der Waals surface area contributed by atoms with Gasteiger partial charge in [-0.3, -0.25) is 0 Å². The van der Waals surface area contributed by atoms with Crippen molar-refractivity contribution >= 4 is 27.5 Å². The molecule has 1 N–H and O–H groups in total. The quantitative estimate of drug-likeness (QED) is 0.583. The van der Waals surface area contributed by atoms with Crippen LogP contribution in [-0.2, 0) is 14.6 Å². The van der Waals surface area contributed by atoms with Gasteiger partial charge in [0, 0.05) is 22.5 Å². The molecule has 3 rings (SSSR count). The van der Waals surface area contributed by atoms with Crippen LogP contribution >= 0.6 is 11.6 Å². The van der Waals surface area contributed by atoms with Crippen molar-refractivity contribution in [3.05, 3.63) is 64.7 Å². The number of rotatable bonds is 7. The Kier molecular flexibility index (Phi) is 7.54. The second kappa shape index (κ2) is 9.96. The standard InChI is InChI=1S/C22H24ClF2NO4S/c1-14(13-30-22(27)26-17-4-2-3-5-17)21(19-12-16(24)8-11-20(19)25)31(28,29)18-9-6-15(23)7-10-18/h6-12,14,17,21H,2-5,13H2,1H3,(H,26,27)/t14-,21+/m1/s1. The van der Waals surface area contributed by atoms with Gasteiger partial charge in [0.05, 0.1) is 16.8 Å². The minimum atomic E-state index is -4.16. The van der Waals surface area contributed by atoms with E-state index in [-0.39, 0.29) is 23.1 Å². The monoisotopic (exact) mass is 471 g/mol. The van der Waals surface area contributed by atoms with Gasteiger partial charge in [-0.2, -0.15) is 0 Å². The van der Waals surface area contributed by atoms with Crippen molar-refractivity contribution in [3.63, 3.8) is 0 Å². The zero-order valence-corrected chi connectivity index (χ0v) is 18.6. The number of halogens is 3. The highest BCUT2D eigenvalue weighted by atomic mass is 35.5. The molecular formula is C22H24ClF2NO4S. The van der Waals surface area contributed by atoms with Crippen LogP contribution in [0.2, 0.25) is 5.02 Å². The summed E-state index contributed by atoms with van der Waals surface area (Å²) in [5, 5.41) is 1.62. The van der Waals surface area contributed by atoms with Crippen molar-refractivity contribution in [1.82, 2.24) is 5.32 Å². The van der Waals surface area contributed by atoms with Gasteiger partial charge >= 0.3 is 6.09 Å². The summed E-state index contributed by atoms with van der Waals surface area (Å²) in [6, 6.07) is 8.13. The molecule has 1 saturated carbocycles. The zero-order chi connectivity index (χ0) is 22.6. The van der Waals surface area contributed by atoms with Crippen LogP contribution in [0.5, 0.6) is 0 Å². The molecule has 0 bridgehead atoms. The largest absolute Gasteiger partial charge is 0.449 e. The first kappa shape index (κ1) is 23.5. The third-order valence-corrected chi connectivity index (χ3v) is 7.98. The molecule has 0 saturated heterocycles. The summed E-state index contributed by atoms with van der Waals surface area (Å²) in [5.41, 5.74) is -0.317. The Bertz CT molecular complexity index is 1020. The van der Waals surface area contributed by atoms with Gasteiger partial charge in [0.15, 0.2) is 9.84 Å². The number of carbonyl (C=O) groups excluding carboxylic acids is 1. The van der Waals surface area contributed by atoms with E-state index >= 15 is 0 Å². The van der Waals surface area contributed by atoms with E-state index in [0.29, 0.717) is 5.02 Å². The highest BCUT2D eigenvalue weighted by Gasteiger charge is 2.37. The molecule has 1 aliphatic rings. The lowest BCUT2D eigenvalue weighted by Gasteiger charge is -2.25. The van der Waals surface area contributed by atoms with E-state index in [0.717, 1.165) is 43.9 Å². The molecule has 2 atom stereocenters. The molecule has 0 radical (unpaired) electrons. The third kappa shape index (κ3) is 5.74. The predicted octanol–water partition coefficient (Wildman–Crippen LogP) is 5.44. The molecule has 1 fully saturated rings.